The van der Waals surface area contributed by atoms with E-state index in [-0.39, 0.29) is 0 Å². The molecule has 1 unspecified atom stereocenters. The lowest BCUT2D eigenvalue weighted by Gasteiger charge is -2.15. The molecule has 1 saturated heterocycles. The van der Waals surface area contributed by atoms with Crippen molar-refractivity contribution in [3.8, 4) is 0 Å². The van der Waals surface area contributed by atoms with Crippen molar-refractivity contribution in [2.45, 2.75) is 12.5 Å². The standard InChI is InChI=1S/C11H12BrNO2S/c12-7-1-2-9(11(14)15)10(5-7)13-8-3-4-16-6-8/h1-2,5,8,13H,3-4,6H2,(H,14,15). The van der Waals surface area contributed by atoms with E-state index in [2.05, 4.69) is 21.2 Å². The second kappa shape index (κ2) is 5.10. The average Bonchev–Trinajstić information content (AvgIpc) is 2.70. The fraction of sp³-hybridized carbons (Fsp3) is 0.364. The number of carboxylic acids is 1. The highest BCUT2D eigenvalue weighted by atomic mass is 79.9. The number of nitrogens with one attached hydrogen (secondary N) is 1. The first kappa shape index (κ1) is 11.8. The quantitative estimate of drug-likeness (QED) is 0.901. The largest absolute Gasteiger partial charge is 0.478 e. The van der Waals surface area contributed by atoms with Gasteiger partial charge in [-0.2, -0.15) is 11.8 Å². The maximum absolute atomic E-state index is 11.0. The summed E-state index contributed by atoms with van der Waals surface area (Å²) in [5.41, 5.74) is 1.04. The van der Waals surface area contributed by atoms with Gasteiger partial charge in [-0.3, -0.25) is 0 Å². The summed E-state index contributed by atoms with van der Waals surface area (Å²) in [5, 5.41) is 12.4. The van der Waals surface area contributed by atoms with E-state index in [1.54, 1.807) is 12.1 Å². The fourth-order valence-corrected chi connectivity index (χ4v) is 3.20. The second-order valence-corrected chi connectivity index (χ2v) is 5.77. The monoisotopic (exact) mass is 301 g/mol. The third-order valence-electron chi connectivity index (χ3n) is 2.50. The van der Waals surface area contributed by atoms with Gasteiger partial charge in [0.2, 0.25) is 0 Å². The lowest BCUT2D eigenvalue weighted by Crippen LogP contribution is -2.20. The molecule has 86 valence electrons. The van der Waals surface area contributed by atoms with E-state index in [4.69, 9.17) is 5.11 Å². The molecule has 1 fully saturated rings. The van der Waals surface area contributed by atoms with Crippen LogP contribution < -0.4 is 5.32 Å². The molecule has 1 aromatic rings. The number of rotatable bonds is 3. The molecule has 0 bridgehead atoms. The zero-order valence-electron chi connectivity index (χ0n) is 8.57. The van der Waals surface area contributed by atoms with Crippen LogP contribution in [0, 0.1) is 0 Å². The van der Waals surface area contributed by atoms with Crippen molar-refractivity contribution in [1.29, 1.82) is 0 Å². The highest BCUT2D eigenvalue weighted by Gasteiger charge is 2.18. The fourth-order valence-electron chi connectivity index (χ4n) is 1.69. The Bertz CT molecular complexity index is 405. The van der Waals surface area contributed by atoms with Crippen molar-refractivity contribution in [3.63, 3.8) is 0 Å². The molecule has 1 aromatic carbocycles. The zero-order valence-corrected chi connectivity index (χ0v) is 11.0. The van der Waals surface area contributed by atoms with E-state index in [0.717, 1.165) is 22.4 Å². The van der Waals surface area contributed by atoms with E-state index in [1.165, 1.54) is 0 Å². The Morgan fingerprint density at radius 2 is 2.38 bits per heavy atom. The molecule has 5 heteroatoms. The maximum Gasteiger partial charge on any atom is 0.337 e. The Balaban J connectivity index is 2.22. The third-order valence-corrected chi connectivity index (χ3v) is 4.16. The predicted molar refractivity (Wildman–Crippen MR) is 70.5 cm³/mol. The summed E-state index contributed by atoms with van der Waals surface area (Å²) in [5.74, 6) is 1.31. The lowest BCUT2D eigenvalue weighted by molar-refractivity contribution is 0.0698. The number of benzene rings is 1. The zero-order chi connectivity index (χ0) is 11.5. The van der Waals surface area contributed by atoms with Crippen LogP contribution in [0.25, 0.3) is 0 Å². The van der Waals surface area contributed by atoms with Crippen LogP contribution in [-0.2, 0) is 0 Å². The summed E-state index contributed by atoms with van der Waals surface area (Å²) >= 11 is 5.25. The smallest absolute Gasteiger partial charge is 0.337 e. The van der Waals surface area contributed by atoms with E-state index in [9.17, 15) is 4.79 Å². The van der Waals surface area contributed by atoms with Crippen LogP contribution in [0.2, 0.25) is 0 Å². The van der Waals surface area contributed by atoms with Crippen molar-refractivity contribution in [2.24, 2.45) is 0 Å². The van der Waals surface area contributed by atoms with Gasteiger partial charge in [0.25, 0.3) is 0 Å². The summed E-state index contributed by atoms with van der Waals surface area (Å²) in [7, 11) is 0. The summed E-state index contributed by atoms with van der Waals surface area (Å²) in [6, 6.07) is 5.58. The SMILES string of the molecule is O=C(O)c1ccc(Br)cc1NC1CCSC1. The molecule has 2 rings (SSSR count). The van der Waals surface area contributed by atoms with Gasteiger partial charge in [-0.1, -0.05) is 15.9 Å². The number of anilines is 1. The van der Waals surface area contributed by atoms with Crippen molar-refractivity contribution in [1.82, 2.24) is 0 Å². The van der Waals surface area contributed by atoms with Crippen LogP contribution in [0.5, 0.6) is 0 Å². The first-order chi connectivity index (χ1) is 7.66. The predicted octanol–water partition coefficient (Wildman–Crippen LogP) is 3.06. The van der Waals surface area contributed by atoms with Gasteiger partial charge in [-0.15, -0.1) is 0 Å². The Morgan fingerprint density at radius 1 is 1.56 bits per heavy atom. The van der Waals surface area contributed by atoms with E-state index in [1.807, 2.05) is 17.8 Å². The lowest BCUT2D eigenvalue weighted by atomic mass is 10.1. The van der Waals surface area contributed by atoms with Crippen molar-refractivity contribution in [2.75, 3.05) is 16.8 Å². The summed E-state index contributed by atoms with van der Waals surface area (Å²) in [4.78, 5) is 11.0. The Morgan fingerprint density at radius 3 is 3.00 bits per heavy atom. The van der Waals surface area contributed by atoms with Crippen LogP contribution in [0.3, 0.4) is 0 Å². The molecule has 0 aliphatic carbocycles. The number of thioether (sulfide) groups is 1. The first-order valence-corrected chi connectivity index (χ1v) is 6.98. The van der Waals surface area contributed by atoms with Crippen LogP contribution in [-0.4, -0.2) is 28.6 Å². The van der Waals surface area contributed by atoms with E-state index < -0.39 is 5.97 Å². The summed E-state index contributed by atoms with van der Waals surface area (Å²) < 4.78 is 0.894. The number of carboxylic acid groups (broad SMARTS) is 1. The van der Waals surface area contributed by atoms with Gasteiger partial charge in [0, 0.05) is 16.3 Å². The van der Waals surface area contributed by atoms with Crippen LogP contribution >= 0.6 is 27.7 Å². The number of hydrogen-bond donors (Lipinski definition) is 2. The maximum atomic E-state index is 11.0. The molecule has 1 aliphatic heterocycles. The number of aromatic carboxylic acids is 1. The summed E-state index contributed by atoms with van der Waals surface area (Å²) in [6.45, 7) is 0. The van der Waals surface area contributed by atoms with E-state index >= 15 is 0 Å². The Kier molecular flexibility index (Phi) is 3.76. The molecule has 0 aromatic heterocycles. The van der Waals surface area contributed by atoms with Crippen LogP contribution in [0.4, 0.5) is 5.69 Å². The minimum atomic E-state index is -0.888. The molecule has 1 aliphatic rings. The summed E-state index contributed by atoms with van der Waals surface area (Å²) in [6.07, 6.45) is 1.09. The highest BCUT2D eigenvalue weighted by molar-refractivity contribution is 9.10. The van der Waals surface area contributed by atoms with Crippen molar-refractivity contribution >= 4 is 39.3 Å². The molecule has 0 spiro atoms. The molecule has 16 heavy (non-hydrogen) atoms. The van der Waals surface area contributed by atoms with Gasteiger partial charge in [0.05, 0.1) is 11.3 Å². The third kappa shape index (κ3) is 2.71. The molecular formula is C11H12BrNO2S. The molecule has 0 radical (unpaired) electrons. The van der Waals surface area contributed by atoms with Gasteiger partial charge in [0.15, 0.2) is 0 Å². The van der Waals surface area contributed by atoms with Gasteiger partial charge in [0.1, 0.15) is 0 Å². The first-order valence-electron chi connectivity index (χ1n) is 5.04. The van der Waals surface area contributed by atoms with Crippen LogP contribution in [0.15, 0.2) is 22.7 Å². The number of hydrogen-bond acceptors (Lipinski definition) is 3. The van der Waals surface area contributed by atoms with E-state index in [0.29, 0.717) is 17.3 Å². The van der Waals surface area contributed by atoms with Gasteiger partial charge in [-0.25, -0.2) is 4.79 Å². The van der Waals surface area contributed by atoms with Crippen molar-refractivity contribution < 1.29 is 9.90 Å². The topological polar surface area (TPSA) is 49.3 Å². The average molecular weight is 302 g/mol. The highest BCUT2D eigenvalue weighted by Crippen LogP contribution is 2.26. The minimum absolute atomic E-state index is 0.333. The molecule has 1 atom stereocenters. The molecule has 1 heterocycles. The number of halogens is 1. The number of carbonyl (C=O) groups is 1. The van der Waals surface area contributed by atoms with Gasteiger partial charge in [-0.05, 0) is 30.4 Å². The van der Waals surface area contributed by atoms with Crippen molar-refractivity contribution in [3.05, 3.63) is 28.2 Å². The van der Waals surface area contributed by atoms with Gasteiger partial charge < -0.3 is 10.4 Å². The minimum Gasteiger partial charge on any atom is -0.478 e. The van der Waals surface area contributed by atoms with Crippen LogP contribution in [0.1, 0.15) is 16.8 Å². The molecular weight excluding hydrogens is 290 g/mol. The molecule has 0 saturated carbocycles. The molecule has 0 amide bonds. The molecule has 2 N–H and O–H groups in total. The normalized spacial score (nSPS) is 19.7. The Labute approximate surface area is 107 Å². The Hall–Kier alpha value is -0.680. The second-order valence-electron chi connectivity index (χ2n) is 3.70. The molecule has 3 nitrogen and oxygen atoms in total. The van der Waals surface area contributed by atoms with Gasteiger partial charge >= 0.3 is 5.97 Å².